The molecular formula is C10H16N2O3S. The van der Waals surface area contributed by atoms with Crippen LogP contribution in [0.25, 0.3) is 0 Å². The summed E-state index contributed by atoms with van der Waals surface area (Å²) >= 11 is 0. The zero-order valence-corrected chi connectivity index (χ0v) is 10.2. The predicted molar refractivity (Wildman–Crippen MR) is 64.2 cm³/mol. The summed E-state index contributed by atoms with van der Waals surface area (Å²) in [5.41, 5.74) is 5.78. The molecule has 0 aliphatic heterocycles. The molecule has 0 radical (unpaired) electrons. The van der Waals surface area contributed by atoms with Crippen LogP contribution in [0.3, 0.4) is 0 Å². The second kappa shape index (κ2) is 5.18. The van der Waals surface area contributed by atoms with Crippen LogP contribution in [0.1, 0.15) is 0 Å². The number of hydrogen-bond donors (Lipinski definition) is 1. The van der Waals surface area contributed by atoms with Crippen molar-refractivity contribution in [3.63, 3.8) is 0 Å². The van der Waals surface area contributed by atoms with Crippen molar-refractivity contribution in [1.82, 2.24) is 0 Å². The van der Waals surface area contributed by atoms with Gasteiger partial charge in [0, 0.05) is 13.6 Å². The quantitative estimate of drug-likeness (QED) is 0.814. The number of benzene rings is 1. The Balaban J connectivity index is 3.09. The number of methoxy groups -OCH3 is 1. The molecule has 5 nitrogen and oxygen atoms in total. The fourth-order valence-corrected chi connectivity index (χ4v) is 2.35. The van der Waals surface area contributed by atoms with Crippen LogP contribution in [0.5, 0.6) is 5.75 Å². The van der Waals surface area contributed by atoms with Gasteiger partial charge in [0.05, 0.1) is 18.6 Å². The van der Waals surface area contributed by atoms with Crippen LogP contribution >= 0.6 is 0 Å². The monoisotopic (exact) mass is 244 g/mol. The van der Waals surface area contributed by atoms with Crippen LogP contribution in [-0.2, 0) is 10.0 Å². The van der Waals surface area contributed by atoms with Gasteiger partial charge in [0.25, 0.3) is 0 Å². The highest BCUT2D eigenvalue weighted by atomic mass is 32.2. The van der Waals surface area contributed by atoms with Gasteiger partial charge in [0.15, 0.2) is 0 Å². The fraction of sp³-hybridized carbons (Fsp3) is 0.400. The van der Waals surface area contributed by atoms with E-state index >= 15 is 0 Å². The van der Waals surface area contributed by atoms with Crippen molar-refractivity contribution in [1.29, 1.82) is 0 Å². The highest BCUT2D eigenvalue weighted by molar-refractivity contribution is 7.92. The molecule has 0 aromatic heterocycles. The lowest BCUT2D eigenvalue weighted by Crippen LogP contribution is -2.32. The van der Waals surface area contributed by atoms with Gasteiger partial charge in [0.2, 0.25) is 10.0 Å². The van der Waals surface area contributed by atoms with Gasteiger partial charge in [0.1, 0.15) is 5.75 Å². The summed E-state index contributed by atoms with van der Waals surface area (Å²) in [7, 11) is -0.377. The number of nitrogens with two attached hydrogens (primary N) is 1. The molecule has 0 aliphatic carbocycles. The minimum atomic E-state index is -3.37. The van der Waals surface area contributed by atoms with Crippen LogP contribution in [0.4, 0.5) is 5.69 Å². The average molecular weight is 244 g/mol. The molecule has 0 amide bonds. The van der Waals surface area contributed by atoms with Crippen molar-refractivity contribution < 1.29 is 13.2 Å². The molecule has 0 heterocycles. The van der Waals surface area contributed by atoms with E-state index in [0.29, 0.717) is 11.4 Å². The van der Waals surface area contributed by atoms with Crippen LogP contribution in [-0.4, -0.2) is 34.9 Å². The van der Waals surface area contributed by atoms with Crippen LogP contribution in [0.15, 0.2) is 24.3 Å². The summed E-state index contributed by atoms with van der Waals surface area (Å²) in [6, 6.07) is 6.94. The molecule has 0 bridgehead atoms. The SMILES string of the molecule is COc1ccccc1N(C)S(=O)(=O)CCN. The number of anilines is 1. The van der Waals surface area contributed by atoms with Crippen LogP contribution < -0.4 is 14.8 Å². The second-order valence-electron chi connectivity index (χ2n) is 3.24. The zero-order valence-electron chi connectivity index (χ0n) is 9.38. The molecule has 90 valence electrons. The van der Waals surface area contributed by atoms with Crippen molar-refractivity contribution in [3.05, 3.63) is 24.3 Å². The Morgan fingerprint density at radius 1 is 1.38 bits per heavy atom. The Bertz CT molecular complexity index is 445. The van der Waals surface area contributed by atoms with E-state index in [1.165, 1.54) is 18.5 Å². The standard InChI is InChI=1S/C10H16N2O3S/c1-12(16(13,14)8-7-11)9-5-3-4-6-10(9)15-2/h3-6H,7-8,11H2,1-2H3. The summed E-state index contributed by atoms with van der Waals surface area (Å²) in [5.74, 6) is 0.437. The topological polar surface area (TPSA) is 72.6 Å². The third-order valence-electron chi connectivity index (χ3n) is 2.22. The fourth-order valence-electron chi connectivity index (χ4n) is 1.33. The van der Waals surface area contributed by atoms with Crippen LogP contribution in [0, 0.1) is 0 Å². The lowest BCUT2D eigenvalue weighted by Gasteiger charge is -2.21. The summed E-state index contributed by atoms with van der Waals surface area (Å²) in [6.45, 7) is 0.0990. The summed E-state index contributed by atoms with van der Waals surface area (Å²) in [6.07, 6.45) is 0. The Kier molecular flexibility index (Phi) is 4.14. The molecular weight excluding hydrogens is 228 g/mol. The van der Waals surface area contributed by atoms with Crippen molar-refractivity contribution in [2.24, 2.45) is 5.73 Å². The molecule has 1 aromatic carbocycles. The molecule has 0 atom stereocenters. The molecule has 1 rings (SSSR count). The van der Waals surface area contributed by atoms with E-state index in [9.17, 15) is 8.42 Å². The Morgan fingerprint density at radius 2 is 2.00 bits per heavy atom. The summed E-state index contributed by atoms with van der Waals surface area (Å²) < 4.78 is 29.9. The summed E-state index contributed by atoms with van der Waals surface area (Å²) in [5, 5.41) is 0. The van der Waals surface area contributed by atoms with Gasteiger partial charge < -0.3 is 10.5 Å². The molecule has 0 saturated heterocycles. The smallest absolute Gasteiger partial charge is 0.236 e. The highest BCUT2D eigenvalue weighted by Gasteiger charge is 2.19. The average Bonchev–Trinajstić information content (AvgIpc) is 2.28. The first-order chi connectivity index (χ1) is 7.53. The third-order valence-corrected chi connectivity index (χ3v) is 4.00. The van der Waals surface area contributed by atoms with E-state index in [1.54, 1.807) is 24.3 Å². The van der Waals surface area contributed by atoms with Crippen molar-refractivity contribution in [2.45, 2.75) is 0 Å². The van der Waals surface area contributed by atoms with E-state index in [0.717, 1.165) is 0 Å². The van der Waals surface area contributed by atoms with Gasteiger partial charge in [-0.25, -0.2) is 8.42 Å². The number of rotatable bonds is 5. The van der Waals surface area contributed by atoms with Gasteiger partial charge in [-0.15, -0.1) is 0 Å². The first kappa shape index (κ1) is 12.8. The highest BCUT2D eigenvalue weighted by Crippen LogP contribution is 2.28. The number of nitrogens with zero attached hydrogens (tertiary/aromatic N) is 1. The molecule has 6 heteroatoms. The van der Waals surface area contributed by atoms with Crippen LogP contribution in [0.2, 0.25) is 0 Å². The van der Waals surface area contributed by atoms with Crippen molar-refractivity contribution in [3.8, 4) is 5.75 Å². The minimum absolute atomic E-state index is 0.0818. The van der Waals surface area contributed by atoms with E-state index in [4.69, 9.17) is 10.5 Å². The third kappa shape index (κ3) is 2.65. The molecule has 0 aliphatic rings. The maximum absolute atomic E-state index is 11.8. The lowest BCUT2D eigenvalue weighted by molar-refractivity contribution is 0.416. The minimum Gasteiger partial charge on any atom is -0.495 e. The molecule has 0 saturated carbocycles. The molecule has 0 spiro atoms. The number of ether oxygens (including phenoxy) is 1. The van der Waals surface area contributed by atoms with Gasteiger partial charge in [-0.3, -0.25) is 4.31 Å². The normalized spacial score (nSPS) is 11.2. The summed E-state index contributed by atoms with van der Waals surface area (Å²) in [4.78, 5) is 0. The Morgan fingerprint density at radius 3 is 2.56 bits per heavy atom. The van der Waals surface area contributed by atoms with Gasteiger partial charge in [-0.1, -0.05) is 12.1 Å². The maximum Gasteiger partial charge on any atom is 0.236 e. The van der Waals surface area contributed by atoms with E-state index in [-0.39, 0.29) is 12.3 Å². The molecule has 0 unspecified atom stereocenters. The van der Waals surface area contributed by atoms with Crippen molar-refractivity contribution in [2.75, 3.05) is 30.8 Å². The van der Waals surface area contributed by atoms with Gasteiger partial charge in [-0.2, -0.15) is 0 Å². The lowest BCUT2D eigenvalue weighted by atomic mass is 10.3. The predicted octanol–water partition coefficient (Wildman–Crippen LogP) is 0.420. The molecule has 2 N–H and O–H groups in total. The second-order valence-corrected chi connectivity index (χ2v) is 5.36. The first-order valence-electron chi connectivity index (χ1n) is 4.82. The Labute approximate surface area is 95.9 Å². The molecule has 16 heavy (non-hydrogen) atoms. The largest absolute Gasteiger partial charge is 0.495 e. The van der Waals surface area contributed by atoms with E-state index < -0.39 is 10.0 Å². The molecule has 0 fully saturated rings. The van der Waals surface area contributed by atoms with E-state index in [1.807, 2.05) is 0 Å². The number of sulfonamides is 1. The van der Waals surface area contributed by atoms with Crippen molar-refractivity contribution >= 4 is 15.7 Å². The number of para-hydroxylation sites is 2. The Hall–Kier alpha value is -1.27. The molecule has 1 aromatic rings. The maximum atomic E-state index is 11.8. The van der Waals surface area contributed by atoms with Gasteiger partial charge >= 0.3 is 0 Å². The first-order valence-corrected chi connectivity index (χ1v) is 6.43. The number of hydrogen-bond acceptors (Lipinski definition) is 4. The van der Waals surface area contributed by atoms with E-state index in [2.05, 4.69) is 0 Å². The van der Waals surface area contributed by atoms with Gasteiger partial charge in [-0.05, 0) is 12.1 Å². The zero-order chi connectivity index (χ0) is 12.2.